The van der Waals surface area contributed by atoms with E-state index in [0.717, 1.165) is 5.69 Å². The van der Waals surface area contributed by atoms with Crippen molar-refractivity contribution in [1.29, 1.82) is 0 Å². The molecule has 1 N–H and O–H groups in total. The van der Waals surface area contributed by atoms with Crippen LogP contribution in [0.15, 0.2) is 18.3 Å². The van der Waals surface area contributed by atoms with Gasteiger partial charge in [-0.2, -0.15) is 0 Å². The predicted molar refractivity (Wildman–Crippen MR) is 54.8 cm³/mol. The average molecular weight is 188 g/mol. The number of pyridine rings is 1. The van der Waals surface area contributed by atoms with E-state index in [2.05, 4.69) is 16.2 Å². The molecule has 0 spiro atoms. The first-order valence-electron chi connectivity index (χ1n) is 4.39. The van der Waals surface area contributed by atoms with Crippen molar-refractivity contribution in [3.8, 4) is 12.3 Å². The summed E-state index contributed by atoms with van der Waals surface area (Å²) in [5.74, 6) is 2.34. The molecule has 1 aromatic heterocycles. The van der Waals surface area contributed by atoms with Crippen LogP contribution in [0.3, 0.4) is 0 Å². The van der Waals surface area contributed by atoms with Crippen molar-refractivity contribution in [2.45, 2.75) is 13.3 Å². The summed E-state index contributed by atoms with van der Waals surface area (Å²) in [4.78, 5) is 15.5. The van der Waals surface area contributed by atoms with Crippen LogP contribution < -0.4 is 5.32 Å². The maximum absolute atomic E-state index is 11.5. The molecule has 0 aromatic carbocycles. The van der Waals surface area contributed by atoms with Crippen molar-refractivity contribution in [2.75, 3.05) is 6.54 Å². The highest BCUT2D eigenvalue weighted by Gasteiger charge is 2.07. The molecule has 0 saturated heterocycles. The van der Waals surface area contributed by atoms with Crippen LogP contribution in [-0.4, -0.2) is 17.4 Å². The number of carbonyl (C=O) groups is 1. The molecule has 14 heavy (non-hydrogen) atoms. The van der Waals surface area contributed by atoms with Gasteiger partial charge in [-0.1, -0.05) is 0 Å². The Hall–Kier alpha value is -1.82. The molecule has 1 amide bonds. The van der Waals surface area contributed by atoms with Crippen molar-refractivity contribution < 1.29 is 4.79 Å². The van der Waals surface area contributed by atoms with Gasteiger partial charge in [0, 0.05) is 24.9 Å². The quantitative estimate of drug-likeness (QED) is 0.571. The van der Waals surface area contributed by atoms with Gasteiger partial charge in [0.1, 0.15) is 0 Å². The largest absolute Gasteiger partial charge is 0.351 e. The molecule has 0 aliphatic rings. The molecule has 3 heteroatoms. The summed E-state index contributed by atoms with van der Waals surface area (Å²) >= 11 is 0. The Morgan fingerprint density at radius 3 is 3.14 bits per heavy atom. The topological polar surface area (TPSA) is 42.0 Å². The van der Waals surface area contributed by atoms with Crippen LogP contribution in [0.2, 0.25) is 0 Å². The summed E-state index contributed by atoms with van der Waals surface area (Å²) in [7, 11) is 0. The highest BCUT2D eigenvalue weighted by atomic mass is 16.1. The summed E-state index contributed by atoms with van der Waals surface area (Å²) in [6.07, 6.45) is 7.28. The molecule has 0 aliphatic heterocycles. The summed E-state index contributed by atoms with van der Waals surface area (Å²) in [5, 5.41) is 2.72. The second kappa shape index (κ2) is 5.03. The number of rotatable bonds is 3. The fraction of sp³-hybridized carbons (Fsp3) is 0.273. The summed E-state index contributed by atoms with van der Waals surface area (Å²) in [6, 6.07) is 3.48. The number of nitrogens with zero attached hydrogens (tertiary/aromatic N) is 1. The molecule has 1 heterocycles. The molecule has 0 fully saturated rings. The summed E-state index contributed by atoms with van der Waals surface area (Å²) in [6.45, 7) is 2.31. The van der Waals surface area contributed by atoms with Crippen LogP contribution in [0, 0.1) is 19.3 Å². The van der Waals surface area contributed by atoms with Crippen molar-refractivity contribution >= 4 is 5.91 Å². The lowest BCUT2D eigenvalue weighted by atomic mass is 10.2. The Labute approximate surface area is 83.6 Å². The zero-order valence-corrected chi connectivity index (χ0v) is 8.08. The third kappa shape index (κ3) is 2.60. The third-order valence-corrected chi connectivity index (χ3v) is 1.81. The van der Waals surface area contributed by atoms with Crippen LogP contribution >= 0.6 is 0 Å². The number of aryl methyl sites for hydroxylation is 1. The van der Waals surface area contributed by atoms with Crippen LogP contribution in [0.4, 0.5) is 0 Å². The fourth-order valence-corrected chi connectivity index (χ4v) is 1.07. The standard InChI is InChI=1S/C11H12N2O/c1-3-4-7-13-11(14)10-6-5-8-12-9(10)2/h1,5-6,8H,4,7H2,2H3,(H,13,14). The second-order valence-corrected chi connectivity index (χ2v) is 2.85. The maximum Gasteiger partial charge on any atom is 0.253 e. The van der Waals surface area contributed by atoms with E-state index >= 15 is 0 Å². The van der Waals surface area contributed by atoms with Gasteiger partial charge in [0.2, 0.25) is 0 Å². The summed E-state index contributed by atoms with van der Waals surface area (Å²) in [5.41, 5.74) is 1.33. The molecule has 0 bridgehead atoms. The van der Waals surface area contributed by atoms with E-state index in [0.29, 0.717) is 18.5 Å². The molecule has 0 atom stereocenters. The molecule has 0 radical (unpaired) electrons. The van der Waals surface area contributed by atoms with E-state index < -0.39 is 0 Å². The van der Waals surface area contributed by atoms with E-state index in [1.165, 1.54) is 0 Å². The Kier molecular flexibility index (Phi) is 3.69. The van der Waals surface area contributed by atoms with Gasteiger partial charge >= 0.3 is 0 Å². The van der Waals surface area contributed by atoms with Gasteiger partial charge in [0.05, 0.1) is 5.56 Å². The lowest BCUT2D eigenvalue weighted by molar-refractivity contribution is 0.0953. The number of aromatic nitrogens is 1. The summed E-state index contributed by atoms with van der Waals surface area (Å²) < 4.78 is 0. The van der Waals surface area contributed by atoms with E-state index in [1.807, 2.05) is 0 Å². The van der Waals surface area contributed by atoms with E-state index in [9.17, 15) is 4.79 Å². The third-order valence-electron chi connectivity index (χ3n) is 1.81. The van der Waals surface area contributed by atoms with Gasteiger partial charge < -0.3 is 5.32 Å². The minimum Gasteiger partial charge on any atom is -0.351 e. The number of amides is 1. The van der Waals surface area contributed by atoms with Crippen molar-refractivity contribution in [1.82, 2.24) is 10.3 Å². The highest BCUT2D eigenvalue weighted by Crippen LogP contribution is 2.02. The first-order chi connectivity index (χ1) is 6.75. The molecule has 1 aromatic rings. The molecule has 72 valence electrons. The zero-order chi connectivity index (χ0) is 10.4. The van der Waals surface area contributed by atoms with Gasteiger partial charge in [-0.3, -0.25) is 9.78 Å². The lowest BCUT2D eigenvalue weighted by Crippen LogP contribution is -2.25. The van der Waals surface area contributed by atoms with E-state index in [1.54, 1.807) is 25.3 Å². The second-order valence-electron chi connectivity index (χ2n) is 2.85. The predicted octanol–water partition coefficient (Wildman–Crippen LogP) is 1.14. The van der Waals surface area contributed by atoms with Gasteiger partial charge in [-0.15, -0.1) is 12.3 Å². The smallest absolute Gasteiger partial charge is 0.253 e. The average Bonchev–Trinajstić information content (AvgIpc) is 2.18. The fourth-order valence-electron chi connectivity index (χ4n) is 1.07. The number of hydrogen-bond donors (Lipinski definition) is 1. The SMILES string of the molecule is C#CCCNC(=O)c1cccnc1C. The molecule has 0 aliphatic carbocycles. The molecular weight excluding hydrogens is 176 g/mol. The van der Waals surface area contributed by atoms with Gasteiger partial charge in [-0.05, 0) is 19.1 Å². The van der Waals surface area contributed by atoms with Crippen LogP contribution in [0.1, 0.15) is 22.5 Å². The monoisotopic (exact) mass is 188 g/mol. The molecule has 0 saturated carbocycles. The molecule has 1 rings (SSSR count). The number of carbonyl (C=O) groups excluding carboxylic acids is 1. The van der Waals surface area contributed by atoms with Crippen LogP contribution in [0.25, 0.3) is 0 Å². The first-order valence-corrected chi connectivity index (χ1v) is 4.39. The highest BCUT2D eigenvalue weighted by molar-refractivity contribution is 5.95. The first kappa shape index (κ1) is 10.3. The Balaban J connectivity index is 2.62. The molecule has 0 unspecified atom stereocenters. The number of nitrogens with one attached hydrogen (secondary N) is 1. The Morgan fingerprint density at radius 1 is 1.71 bits per heavy atom. The number of terminal acetylenes is 1. The lowest BCUT2D eigenvalue weighted by Gasteiger charge is -2.04. The molecular formula is C11H12N2O. The maximum atomic E-state index is 11.5. The van der Waals surface area contributed by atoms with Crippen LogP contribution in [0.5, 0.6) is 0 Å². The normalized spacial score (nSPS) is 9.14. The van der Waals surface area contributed by atoms with E-state index in [4.69, 9.17) is 6.42 Å². The minimum atomic E-state index is -0.120. The van der Waals surface area contributed by atoms with Crippen molar-refractivity contribution in [3.63, 3.8) is 0 Å². The van der Waals surface area contributed by atoms with Gasteiger partial charge in [0.15, 0.2) is 0 Å². The van der Waals surface area contributed by atoms with Crippen molar-refractivity contribution in [3.05, 3.63) is 29.6 Å². The molecule has 3 nitrogen and oxygen atoms in total. The van der Waals surface area contributed by atoms with Gasteiger partial charge in [-0.25, -0.2) is 0 Å². The van der Waals surface area contributed by atoms with E-state index in [-0.39, 0.29) is 5.91 Å². The zero-order valence-electron chi connectivity index (χ0n) is 8.08. The van der Waals surface area contributed by atoms with Gasteiger partial charge in [0.25, 0.3) is 5.91 Å². The van der Waals surface area contributed by atoms with Crippen LogP contribution in [-0.2, 0) is 0 Å². The van der Waals surface area contributed by atoms with Crippen molar-refractivity contribution in [2.24, 2.45) is 0 Å². The minimum absolute atomic E-state index is 0.120. The Morgan fingerprint density at radius 2 is 2.50 bits per heavy atom. The number of hydrogen-bond acceptors (Lipinski definition) is 2. The Bertz CT molecular complexity index is 366.